The summed E-state index contributed by atoms with van der Waals surface area (Å²) in [6.07, 6.45) is 4.30. The maximum absolute atomic E-state index is 11.9. The van der Waals surface area contributed by atoms with Gasteiger partial charge in [0.2, 0.25) is 0 Å². The van der Waals surface area contributed by atoms with Crippen LogP contribution in [-0.4, -0.2) is 5.97 Å². The molecule has 1 saturated carbocycles. The van der Waals surface area contributed by atoms with Gasteiger partial charge in [-0.1, -0.05) is 38.0 Å². The van der Waals surface area contributed by atoms with Gasteiger partial charge in [0.1, 0.15) is 0 Å². The zero-order chi connectivity index (χ0) is 13.8. The van der Waals surface area contributed by atoms with Gasteiger partial charge in [-0.2, -0.15) is 4.89 Å². The van der Waals surface area contributed by atoms with Crippen LogP contribution < -0.4 is 0 Å². The van der Waals surface area contributed by atoms with E-state index in [2.05, 4.69) is 13.8 Å². The standard InChI is InChI=1S/C16H21O3/c1-11-6-4-9-14(10-11)16(17)19-18-15-12(2)7-5-8-13(15)3/h4,6,9-10,12-13H,5,7-8H2,1-3H3. The quantitative estimate of drug-likeness (QED) is 0.607. The van der Waals surface area contributed by atoms with Crippen LogP contribution >= 0.6 is 0 Å². The van der Waals surface area contributed by atoms with Gasteiger partial charge in [0.05, 0.1) is 5.56 Å². The van der Waals surface area contributed by atoms with Gasteiger partial charge in [-0.3, -0.25) is 4.89 Å². The molecule has 0 N–H and O–H groups in total. The SMILES string of the molecule is Cc1cccc(C(=O)OO[C]2C(C)CCCC2C)c1. The molecule has 3 heteroatoms. The normalized spacial score (nSPS) is 24.2. The zero-order valence-electron chi connectivity index (χ0n) is 11.8. The lowest BCUT2D eigenvalue weighted by Gasteiger charge is -2.31. The van der Waals surface area contributed by atoms with Crippen LogP contribution in [0.5, 0.6) is 0 Å². The Hall–Kier alpha value is -1.35. The van der Waals surface area contributed by atoms with E-state index in [1.807, 2.05) is 19.1 Å². The van der Waals surface area contributed by atoms with Crippen molar-refractivity contribution in [3.63, 3.8) is 0 Å². The third-order valence-electron chi connectivity index (χ3n) is 3.71. The lowest BCUT2D eigenvalue weighted by Crippen LogP contribution is -2.26. The molecule has 0 saturated heterocycles. The summed E-state index contributed by atoms with van der Waals surface area (Å²) in [7, 11) is 0. The van der Waals surface area contributed by atoms with Crippen molar-refractivity contribution in [1.29, 1.82) is 0 Å². The van der Waals surface area contributed by atoms with Gasteiger partial charge in [0.15, 0.2) is 6.10 Å². The molecule has 1 radical (unpaired) electrons. The Morgan fingerprint density at radius 3 is 2.53 bits per heavy atom. The maximum atomic E-state index is 11.9. The highest BCUT2D eigenvalue weighted by molar-refractivity contribution is 5.89. The van der Waals surface area contributed by atoms with Gasteiger partial charge in [0, 0.05) is 0 Å². The minimum atomic E-state index is -0.429. The lowest BCUT2D eigenvalue weighted by atomic mass is 9.81. The van der Waals surface area contributed by atoms with Crippen molar-refractivity contribution < 1.29 is 14.6 Å². The van der Waals surface area contributed by atoms with Crippen LogP contribution in [-0.2, 0) is 9.78 Å². The Morgan fingerprint density at radius 2 is 1.89 bits per heavy atom. The van der Waals surface area contributed by atoms with Crippen molar-refractivity contribution in [3.8, 4) is 0 Å². The first kappa shape index (κ1) is 14.1. The van der Waals surface area contributed by atoms with Crippen LogP contribution in [0.4, 0.5) is 0 Å². The largest absolute Gasteiger partial charge is 0.373 e. The topological polar surface area (TPSA) is 35.5 Å². The van der Waals surface area contributed by atoms with E-state index in [4.69, 9.17) is 9.78 Å². The predicted octanol–water partition coefficient (Wildman–Crippen LogP) is 4.07. The fourth-order valence-electron chi connectivity index (χ4n) is 2.57. The molecular weight excluding hydrogens is 240 g/mol. The lowest BCUT2D eigenvalue weighted by molar-refractivity contribution is -0.253. The van der Waals surface area contributed by atoms with E-state index in [9.17, 15) is 4.79 Å². The number of hydrogen-bond donors (Lipinski definition) is 0. The summed E-state index contributed by atoms with van der Waals surface area (Å²) < 4.78 is 0. The van der Waals surface area contributed by atoms with E-state index in [0.29, 0.717) is 17.4 Å². The molecule has 2 atom stereocenters. The van der Waals surface area contributed by atoms with Crippen LogP contribution in [0.2, 0.25) is 0 Å². The highest BCUT2D eigenvalue weighted by atomic mass is 17.2. The van der Waals surface area contributed by atoms with Crippen molar-refractivity contribution in [3.05, 3.63) is 41.5 Å². The first-order valence-electron chi connectivity index (χ1n) is 6.90. The number of carbonyl (C=O) groups excluding carboxylic acids is 1. The first-order chi connectivity index (χ1) is 9.08. The third kappa shape index (κ3) is 3.57. The average Bonchev–Trinajstić information content (AvgIpc) is 2.38. The van der Waals surface area contributed by atoms with Crippen molar-refractivity contribution in [2.75, 3.05) is 0 Å². The molecule has 103 valence electrons. The molecule has 1 aliphatic rings. The Bertz CT molecular complexity index is 431. The fourth-order valence-corrected chi connectivity index (χ4v) is 2.57. The number of benzene rings is 1. The molecule has 2 unspecified atom stereocenters. The number of rotatable bonds is 3. The average molecular weight is 261 g/mol. The monoisotopic (exact) mass is 261 g/mol. The first-order valence-corrected chi connectivity index (χ1v) is 6.90. The van der Waals surface area contributed by atoms with Gasteiger partial charge in [-0.25, -0.2) is 4.79 Å². The van der Waals surface area contributed by atoms with E-state index >= 15 is 0 Å². The fraction of sp³-hybridized carbons (Fsp3) is 0.500. The Labute approximate surface area is 114 Å². The van der Waals surface area contributed by atoms with Gasteiger partial charge >= 0.3 is 5.97 Å². The summed E-state index contributed by atoms with van der Waals surface area (Å²) in [6, 6.07) is 7.31. The molecule has 0 amide bonds. The summed E-state index contributed by atoms with van der Waals surface area (Å²) in [5, 5.41) is 0. The molecule has 0 heterocycles. The molecule has 0 aromatic heterocycles. The van der Waals surface area contributed by atoms with E-state index in [0.717, 1.165) is 24.5 Å². The second-order valence-corrected chi connectivity index (χ2v) is 5.46. The Balaban J connectivity index is 1.93. The number of carbonyl (C=O) groups is 1. The van der Waals surface area contributed by atoms with Crippen molar-refractivity contribution in [2.24, 2.45) is 11.8 Å². The van der Waals surface area contributed by atoms with E-state index < -0.39 is 5.97 Å². The smallest absolute Gasteiger partial charge is 0.292 e. The zero-order valence-corrected chi connectivity index (χ0v) is 11.8. The molecule has 3 nitrogen and oxygen atoms in total. The Morgan fingerprint density at radius 1 is 1.21 bits per heavy atom. The van der Waals surface area contributed by atoms with E-state index in [1.54, 1.807) is 12.1 Å². The summed E-state index contributed by atoms with van der Waals surface area (Å²) >= 11 is 0. The molecule has 1 fully saturated rings. The molecule has 19 heavy (non-hydrogen) atoms. The van der Waals surface area contributed by atoms with Crippen LogP contribution in [0.1, 0.15) is 49.0 Å². The summed E-state index contributed by atoms with van der Waals surface area (Å²) in [6.45, 7) is 6.18. The molecule has 2 rings (SSSR count). The van der Waals surface area contributed by atoms with Crippen molar-refractivity contribution in [2.45, 2.75) is 40.0 Å². The van der Waals surface area contributed by atoms with Gasteiger partial charge in [0.25, 0.3) is 0 Å². The number of aryl methyl sites for hydroxylation is 1. The molecule has 1 aromatic rings. The highest BCUT2D eigenvalue weighted by Crippen LogP contribution is 2.37. The van der Waals surface area contributed by atoms with E-state index in [1.165, 1.54) is 6.42 Å². The van der Waals surface area contributed by atoms with Gasteiger partial charge in [-0.15, -0.1) is 0 Å². The van der Waals surface area contributed by atoms with Crippen molar-refractivity contribution in [1.82, 2.24) is 0 Å². The third-order valence-corrected chi connectivity index (χ3v) is 3.71. The second-order valence-electron chi connectivity index (χ2n) is 5.46. The van der Waals surface area contributed by atoms with Crippen LogP contribution in [0, 0.1) is 24.9 Å². The maximum Gasteiger partial charge on any atom is 0.373 e. The minimum Gasteiger partial charge on any atom is -0.292 e. The van der Waals surface area contributed by atoms with Gasteiger partial charge < -0.3 is 0 Å². The molecular formula is C16H21O3. The van der Waals surface area contributed by atoms with Crippen LogP contribution in [0.25, 0.3) is 0 Å². The highest BCUT2D eigenvalue weighted by Gasteiger charge is 2.32. The summed E-state index contributed by atoms with van der Waals surface area (Å²) in [4.78, 5) is 22.2. The molecule has 1 aromatic carbocycles. The molecule has 1 aliphatic carbocycles. The summed E-state index contributed by atoms with van der Waals surface area (Å²) in [5.41, 5.74) is 1.55. The van der Waals surface area contributed by atoms with Gasteiger partial charge in [-0.05, 0) is 43.7 Å². The van der Waals surface area contributed by atoms with E-state index in [-0.39, 0.29) is 0 Å². The number of hydrogen-bond acceptors (Lipinski definition) is 3. The predicted molar refractivity (Wildman–Crippen MR) is 73.1 cm³/mol. The molecule has 0 aliphatic heterocycles. The summed E-state index contributed by atoms with van der Waals surface area (Å²) in [5.74, 6) is 0.282. The molecule has 0 bridgehead atoms. The van der Waals surface area contributed by atoms with Crippen molar-refractivity contribution >= 4 is 5.97 Å². The van der Waals surface area contributed by atoms with Crippen LogP contribution in [0.15, 0.2) is 24.3 Å². The van der Waals surface area contributed by atoms with Crippen LogP contribution in [0.3, 0.4) is 0 Å². The molecule has 0 spiro atoms. The second kappa shape index (κ2) is 6.20. The minimum absolute atomic E-state index is 0.356. The Kier molecular flexibility index (Phi) is 4.59.